The highest BCUT2D eigenvalue weighted by Crippen LogP contribution is 2.38. The standard InChI is InChI=1S/C21H22ClN3O6S/c22-17-15-6-5-12(25(30)31)11-16(15)32-18(17)20(27)24-9-7-23(8-10-24)19(26)13-3-1-2-4-14(13)21(28)29/h5-6,11,13-14H,1-4,7-10H2,(H,28,29)/t13-,14+/m1/s1. The fourth-order valence-corrected chi connectivity index (χ4v) is 6.05. The average molecular weight is 480 g/mol. The van der Waals surface area contributed by atoms with Gasteiger partial charge in [-0.15, -0.1) is 11.3 Å². The third-order valence-corrected chi connectivity index (χ3v) is 7.94. The molecule has 2 heterocycles. The molecule has 1 aromatic heterocycles. The van der Waals surface area contributed by atoms with E-state index in [0.717, 1.165) is 24.2 Å². The average Bonchev–Trinajstić information content (AvgIpc) is 3.14. The Morgan fingerprint density at radius 3 is 2.31 bits per heavy atom. The van der Waals surface area contributed by atoms with Crippen molar-refractivity contribution in [1.29, 1.82) is 0 Å². The number of nitrogens with zero attached hydrogens (tertiary/aromatic N) is 3. The molecular formula is C21H22ClN3O6S. The number of amides is 2. The van der Waals surface area contributed by atoms with Gasteiger partial charge in [0.05, 0.1) is 21.8 Å². The Balaban J connectivity index is 1.44. The van der Waals surface area contributed by atoms with Crippen molar-refractivity contribution < 1.29 is 24.4 Å². The third-order valence-electron chi connectivity index (χ3n) is 6.30. The fraction of sp³-hybridized carbons (Fsp3) is 0.476. The van der Waals surface area contributed by atoms with Crippen LogP contribution in [0.15, 0.2) is 18.2 Å². The molecule has 0 bridgehead atoms. The van der Waals surface area contributed by atoms with Crippen LogP contribution in [-0.4, -0.2) is 63.8 Å². The minimum atomic E-state index is -0.920. The number of benzene rings is 1. The molecule has 2 aliphatic rings. The van der Waals surface area contributed by atoms with Gasteiger partial charge < -0.3 is 14.9 Å². The second-order valence-corrected chi connectivity index (χ2v) is 9.57. The van der Waals surface area contributed by atoms with E-state index in [9.17, 15) is 29.6 Å². The number of piperazine rings is 1. The number of aliphatic carboxylic acids is 1. The number of nitro groups is 1. The number of carboxylic acid groups (broad SMARTS) is 1. The Bertz CT molecular complexity index is 1090. The molecule has 2 fully saturated rings. The van der Waals surface area contributed by atoms with Gasteiger partial charge in [-0.3, -0.25) is 24.5 Å². The van der Waals surface area contributed by atoms with Crippen LogP contribution in [0.25, 0.3) is 10.1 Å². The molecule has 0 unspecified atom stereocenters. The lowest BCUT2D eigenvalue weighted by molar-refractivity contribution is -0.384. The number of nitro benzene ring substituents is 1. The molecule has 32 heavy (non-hydrogen) atoms. The fourth-order valence-electron chi connectivity index (χ4n) is 4.54. The highest BCUT2D eigenvalue weighted by Gasteiger charge is 2.39. The van der Waals surface area contributed by atoms with Gasteiger partial charge in [0.1, 0.15) is 4.88 Å². The summed E-state index contributed by atoms with van der Waals surface area (Å²) in [6.45, 7) is 1.31. The topological polar surface area (TPSA) is 121 Å². The monoisotopic (exact) mass is 479 g/mol. The number of carbonyl (C=O) groups is 3. The van der Waals surface area contributed by atoms with Crippen molar-refractivity contribution in [1.82, 2.24) is 9.80 Å². The zero-order valence-electron chi connectivity index (χ0n) is 17.2. The molecule has 4 rings (SSSR count). The van der Waals surface area contributed by atoms with Crippen molar-refractivity contribution in [2.45, 2.75) is 25.7 Å². The number of hydrogen-bond acceptors (Lipinski definition) is 6. The molecule has 2 atom stereocenters. The summed E-state index contributed by atoms with van der Waals surface area (Å²) in [7, 11) is 0. The molecule has 1 saturated heterocycles. The largest absolute Gasteiger partial charge is 0.481 e. The molecule has 1 aromatic carbocycles. The second kappa shape index (κ2) is 9.03. The van der Waals surface area contributed by atoms with E-state index in [0.29, 0.717) is 54.0 Å². The summed E-state index contributed by atoms with van der Waals surface area (Å²) in [5, 5.41) is 21.3. The number of carbonyl (C=O) groups excluding carboxylic acids is 2. The van der Waals surface area contributed by atoms with Gasteiger partial charge in [-0.05, 0) is 18.9 Å². The van der Waals surface area contributed by atoms with E-state index in [-0.39, 0.29) is 22.5 Å². The normalized spacial score (nSPS) is 21.5. The Kier molecular flexibility index (Phi) is 6.34. The maximum absolute atomic E-state index is 13.1. The van der Waals surface area contributed by atoms with Gasteiger partial charge in [-0.25, -0.2) is 0 Å². The number of thiophene rings is 1. The van der Waals surface area contributed by atoms with Crippen molar-refractivity contribution in [2.24, 2.45) is 11.8 Å². The molecule has 0 spiro atoms. The summed E-state index contributed by atoms with van der Waals surface area (Å²) in [5.41, 5.74) is -0.0658. The van der Waals surface area contributed by atoms with Gasteiger partial charge in [0.15, 0.2) is 0 Å². The smallest absolute Gasteiger partial charge is 0.307 e. The van der Waals surface area contributed by atoms with Crippen molar-refractivity contribution in [3.8, 4) is 0 Å². The van der Waals surface area contributed by atoms with Crippen LogP contribution in [0.4, 0.5) is 5.69 Å². The number of non-ortho nitro benzene ring substituents is 1. The van der Waals surface area contributed by atoms with Gasteiger partial charge in [0, 0.05) is 48.4 Å². The molecule has 11 heteroatoms. The summed E-state index contributed by atoms with van der Waals surface area (Å²) in [6.07, 6.45) is 2.77. The van der Waals surface area contributed by atoms with Crippen LogP contribution in [0.2, 0.25) is 5.02 Å². The number of rotatable bonds is 4. The van der Waals surface area contributed by atoms with Crippen LogP contribution in [0.1, 0.15) is 35.4 Å². The predicted octanol–water partition coefficient (Wildman–Crippen LogP) is 3.64. The maximum Gasteiger partial charge on any atom is 0.307 e. The quantitative estimate of drug-likeness (QED) is 0.527. The minimum absolute atomic E-state index is 0.0658. The van der Waals surface area contributed by atoms with E-state index in [1.165, 1.54) is 12.1 Å². The Morgan fingerprint density at radius 1 is 1.06 bits per heavy atom. The van der Waals surface area contributed by atoms with Crippen molar-refractivity contribution in [3.05, 3.63) is 38.2 Å². The van der Waals surface area contributed by atoms with E-state index < -0.39 is 22.7 Å². The first-order valence-corrected chi connectivity index (χ1v) is 11.6. The van der Waals surface area contributed by atoms with E-state index in [1.54, 1.807) is 15.9 Å². The van der Waals surface area contributed by atoms with Crippen molar-refractivity contribution >= 4 is 56.5 Å². The van der Waals surface area contributed by atoms with E-state index in [1.807, 2.05) is 0 Å². The van der Waals surface area contributed by atoms with E-state index in [2.05, 4.69) is 0 Å². The number of halogens is 1. The molecule has 1 N–H and O–H groups in total. The lowest BCUT2D eigenvalue weighted by atomic mass is 9.78. The summed E-state index contributed by atoms with van der Waals surface area (Å²) < 4.78 is 0.568. The molecule has 2 amide bonds. The molecule has 170 valence electrons. The summed E-state index contributed by atoms with van der Waals surface area (Å²) in [4.78, 5) is 51.7. The van der Waals surface area contributed by atoms with Crippen molar-refractivity contribution in [2.75, 3.05) is 26.2 Å². The Morgan fingerprint density at radius 2 is 1.69 bits per heavy atom. The van der Waals surface area contributed by atoms with E-state index >= 15 is 0 Å². The number of hydrogen-bond donors (Lipinski definition) is 1. The molecule has 2 aromatic rings. The first-order valence-electron chi connectivity index (χ1n) is 10.4. The van der Waals surface area contributed by atoms with Crippen LogP contribution < -0.4 is 0 Å². The highest BCUT2D eigenvalue weighted by molar-refractivity contribution is 7.21. The van der Waals surface area contributed by atoms with Gasteiger partial charge in [-0.2, -0.15) is 0 Å². The van der Waals surface area contributed by atoms with Crippen LogP contribution >= 0.6 is 22.9 Å². The van der Waals surface area contributed by atoms with Gasteiger partial charge in [0.25, 0.3) is 11.6 Å². The van der Waals surface area contributed by atoms with Crippen molar-refractivity contribution in [3.63, 3.8) is 0 Å². The summed E-state index contributed by atoms with van der Waals surface area (Å²) in [6, 6.07) is 4.31. The minimum Gasteiger partial charge on any atom is -0.481 e. The lowest BCUT2D eigenvalue weighted by Gasteiger charge is -2.38. The van der Waals surface area contributed by atoms with Gasteiger partial charge >= 0.3 is 5.97 Å². The van der Waals surface area contributed by atoms with Crippen LogP contribution in [-0.2, 0) is 9.59 Å². The number of carboxylic acids is 1. The highest BCUT2D eigenvalue weighted by atomic mass is 35.5. The second-order valence-electron chi connectivity index (χ2n) is 8.14. The summed E-state index contributed by atoms with van der Waals surface area (Å²) >= 11 is 7.52. The summed E-state index contributed by atoms with van der Waals surface area (Å²) in [5.74, 6) is -2.48. The first-order chi connectivity index (χ1) is 15.3. The predicted molar refractivity (Wildman–Crippen MR) is 119 cm³/mol. The molecular weight excluding hydrogens is 458 g/mol. The molecule has 1 aliphatic carbocycles. The van der Waals surface area contributed by atoms with Crippen LogP contribution in [0, 0.1) is 22.0 Å². The molecule has 1 aliphatic heterocycles. The number of fused-ring (bicyclic) bond motifs is 1. The maximum atomic E-state index is 13.1. The third kappa shape index (κ3) is 4.16. The van der Waals surface area contributed by atoms with Gasteiger partial charge in [-0.1, -0.05) is 24.4 Å². The first kappa shape index (κ1) is 22.5. The molecule has 1 saturated carbocycles. The van der Waals surface area contributed by atoms with Gasteiger partial charge in [0.2, 0.25) is 5.91 Å². The Hall–Kier alpha value is -2.72. The SMILES string of the molecule is O=C(O)[C@H]1CCCC[C@H]1C(=O)N1CCN(C(=O)c2sc3cc([N+](=O)[O-])ccc3c2Cl)CC1. The zero-order valence-corrected chi connectivity index (χ0v) is 18.7. The zero-order chi connectivity index (χ0) is 23.0. The Labute approximate surface area is 192 Å². The van der Waals surface area contributed by atoms with Crippen LogP contribution in [0.3, 0.4) is 0 Å². The van der Waals surface area contributed by atoms with E-state index in [4.69, 9.17) is 11.6 Å². The lowest BCUT2D eigenvalue weighted by Crippen LogP contribution is -2.53. The van der Waals surface area contributed by atoms with Crippen LogP contribution in [0.5, 0.6) is 0 Å². The molecule has 9 nitrogen and oxygen atoms in total. The molecule has 0 radical (unpaired) electrons.